The summed E-state index contributed by atoms with van der Waals surface area (Å²) in [7, 11) is 0. The van der Waals surface area contributed by atoms with Gasteiger partial charge in [-0.1, -0.05) is 51.2 Å². The van der Waals surface area contributed by atoms with E-state index >= 15 is 0 Å². The Kier molecular flexibility index (Phi) is 25.1. The Bertz CT molecular complexity index is 499. The molecule has 0 radical (unpaired) electrons. The van der Waals surface area contributed by atoms with Crippen molar-refractivity contribution in [1.82, 2.24) is 10.6 Å². The molecule has 0 aliphatic carbocycles. The summed E-state index contributed by atoms with van der Waals surface area (Å²) in [4.78, 5) is 23.4. The number of unbranched alkanes of at least 4 members (excludes halogenated alkanes) is 9. The van der Waals surface area contributed by atoms with E-state index in [9.17, 15) is 9.59 Å². The zero-order chi connectivity index (χ0) is 25.1. The van der Waals surface area contributed by atoms with Crippen LogP contribution in [0, 0.1) is 5.92 Å². The van der Waals surface area contributed by atoms with Crippen LogP contribution in [0.5, 0.6) is 0 Å². The molecule has 0 aliphatic rings. The molecule has 0 spiro atoms. The molecule has 0 fully saturated rings. The lowest BCUT2D eigenvalue weighted by atomic mass is 9.97. The van der Waals surface area contributed by atoms with Crippen molar-refractivity contribution in [2.45, 2.75) is 97.3 Å². The van der Waals surface area contributed by atoms with Crippen LogP contribution >= 0.6 is 0 Å². The number of amides is 2. The first-order valence-corrected chi connectivity index (χ1v) is 13.6. The molecule has 7 heteroatoms. The zero-order valence-corrected chi connectivity index (χ0v) is 22.0. The fraction of sp³-hybridized carbons (Fsp3) is 0.852. The van der Waals surface area contributed by atoms with Gasteiger partial charge in [0, 0.05) is 32.0 Å². The first-order valence-electron chi connectivity index (χ1n) is 13.6. The molecule has 0 aromatic rings. The number of aliphatic hydroxyl groups is 1. The predicted molar refractivity (Wildman–Crippen MR) is 139 cm³/mol. The van der Waals surface area contributed by atoms with Crippen molar-refractivity contribution in [1.29, 1.82) is 0 Å². The fourth-order valence-electron chi connectivity index (χ4n) is 3.55. The molecule has 7 nitrogen and oxygen atoms in total. The fourth-order valence-corrected chi connectivity index (χ4v) is 3.55. The lowest BCUT2D eigenvalue weighted by Gasteiger charge is -2.11. The molecule has 0 heterocycles. The minimum atomic E-state index is -0.0724. The Morgan fingerprint density at radius 2 is 1.38 bits per heavy atom. The van der Waals surface area contributed by atoms with Crippen molar-refractivity contribution < 1.29 is 24.2 Å². The average molecular weight is 485 g/mol. The summed E-state index contributed by atoms with van der Waals surface area (Å²) in [5, 5.41) is 14.2. The highest BCUT2D eigenvalue weighted by atomic mass is 16.5. The third kappa shape index (κ3) is 23.7. The van der Waals surface area contributed by atoms with Crippen molar-refractivity contribution in [2.24, 2.45) is 5.92 Å². The molecule has 200 valence electrons. The first-order chi connectivity index (χ1) is 16.6. The third-order valence-electron chi connectivity index (χ3n) is 5.73. The van der Waals surface area contributed by atoms with Gasteiger partial charge in [0.2, 0.25) is 0 Å². The van der Waals surface area contributed by atoms with Crippen LogP contribution in [0.25, 0.3) is 0 Å². The molecule has 3 N–H and O–H groups in total. The van der Waals surface area contributed by atoms with Crippen LogP contribution in [0.4, 0.5) is 4.79 Å². The molecule has 2 amide bonds. The number of carbonyl (C=O) groups excluding carboxylic acids is 2. The average Bonchev–Trinajstić information content (AvgIpc) is 2.83. The van der Waals surface area contributed by atoms with Crippen molar-refractivity contribution >= 4 is 11.8 Å². The van der Waals surface area contributed by atoms with Crippen LogP contribution in [0.15, 0.2) is 12.2 Å². The van der Waals surface area contributed by atoms with E-state index in [1.807, 2.05) is 13.8 Å². The second-order valence-corrected chi connectivity index (χ2v) is 8.87. The van der Waals surface area contributed by atoms with E-state index in [1.54, 1.807) is 0 Å². The number of hydrogen-bond acceptors (Lipinski definition) is 5. The van der Waals surface area contributed by atoms with Gasteiger partial charge < -0.3 is 25.2 Å². The highest BCUT2D eigenvalue weighted by Crippen LogP contribution is 2.13. The van der Waals surface area contributed by atoms with Gasteiger partial charge in [-0.2, -0.15) is 0 Å². The Morgan fingerprint density at radius 3 is 2.03 bits per heavy atom. The maximum absolute atomic E-state index is 12.2. The largest absolute Gasteiger partial charge is 0.394 e. The van der Waals surface area contributed by atoms with Gasteiger partial charge in [0.15, 0.2) is 0 Å². The number of aliphatic hydroxyl groups excluding tert-OH is 1. The van der Waals surface area contributed by atoms with Crippen LogP contribution in [0.2, 0.25) is 0 Å². The maximum Gasteiger partial charge on any atom is 0.314 e. The molecule has 0 bridgehead atoms. The van der Waals surface area contributed by atoms with Gasteiger partial charge in [0.25, 0.3) is 0 Å². The summed E-state index contributed by atoms with van der Waals surface area (Å²) in [6.45, 7) is 7.28. The minimum Gasteiger partial charge on any atom is -0.394 e. The van der Waals surface area contributed by atoms with E-state index < -0.39 is 0 Å². The molecule has 0 rings (SSSR count). The van der Waals surface area contributed by atoms with Gasteiger partial charge in [-0.25, -0.2) is 4.79 Å². The predicted octanol–water partition coefficient (Wildman–Crippen LogP) is 5.16. The van der Waals surface area contributed by atoms with E-state index in [0.717, 1.165) is 51.5 Å². The lowest BCUT2D eigenvalue weighted by Crippen LogP contribution is -2.35. The smallest absolute Gasteiger partial charge is 0.314 e. The molecule has 0 aromatic heterocycles. The number of nitrogens with one attached hydrogen (secondary N) is 2. The summed E-state index contributed by atoms with van der Waals surface area (Å²) >= 11 is 0. The number of hydrogen-bond donors (Lipinski definition) is 3. The standard InChI is InChI=1S/C27H52N2O5/c1-3-28-27(32)29-19-16-14-12-10-8-6-4-5-7-9-11-13-15-17-26(31)25(2)18-21-33-23-24-34-22-20-30/h8,10,25,30H,3-7,9,11-24H2,1-2H3,(H2,28,29,32)/b10-8-. The van der Waals surface area contributed by atoms with Gasteiger partial charge in [-0.05, 0) is 51.9 Å². The molecule has 1 atom stereocenters. The molecular weight excluding hydrogens is 432 g/mol. The second kappa shape index (κ2) is 26.2. The second-order valence-electron chi connectivity index (χ2n) is 8.87. The van der Waals surface area contributed by atoms with E-state index in [2.05, 4.69) is 22.8 Å². The number of urea groups is 1. The number of ketones is 1. The van der Waals surface area contributed by atoms with E-state index in [0.29, 0.717) is 45.2 Å². The van der Waals surface area contributed by atoms with E-state index in [-0.39, 0.29) is 18.6 Å². The Morgan fingerprint density at radius 1 is 0.794 bits per heavy atom. The zero-order valence-electron chi connectivity index (χ0n) is 22.0. The summed E-state index contributed by atoms with van der Waals surface area (Å²) in [5.41, 5.74) is 0. The molecule has 34 heavy (non-hydrogen) atoms. The Labute approximate surface area is 208 Å². The Hall–Kier alpha value is -1.44. The van der Waals surface area contributed by atoms with Gasteiger partial charge in [-0.3, -0.25) is 4.79 Å². The number of Topliss-reactive ketones (excluding diaryl/α,β-unsaturated/α-hetero) is 1. The number of carbonyl (C=O) groups is 2. The summed E-state index contributed by atoms with van der Waals surface area (Å²) in [5.74, 6) is 0.417. The molecule has 0 saturated heterocycles. The number of allylic oxidation sites excluding steroid dienone is 2. The summed E-state index contributed by atoms with van der Waals surface area (Å²) in [6, 6.07) is -0.0724. The van der Waals surface area contributed by atoms with E-state index in [1.165, 1.54) is 32.1 Å². The SMILES string of the molecule is CCNC(=O)NCCCC/C=C\CCCCCCCCCC(=O)C(C)CCOCCOCCO. The van der Waals surface area contributed by atoms with Crippen LogP contribution in [-0.4, -0.2) is 63.0 Å². The van der Waals surface area contributed by atoms with Crippen LogP contribution in [0.1, 0.15) is 97.3 Å². The van der Waals surface area contributed by atoms with Gasteiger partial charge in [0.05, 0.1) is 26.4 Å². The topological polar surface area (TPSA) is 96.9 Å². The van der Waals surface area contributed by atoms with Crippen LogP contribution in [0.3, 0.4) is 0 Å². The molecule has 0 saturated carbocycles. The quantitative estimate of drug-likeness (QED) is 0.123. The van der Waals surface area contributed by atoms with Gasteiger partial charge in [0.1, 0.15) is 5.78 Å². The van der Waals surface area contributed by atoms with Crippen LogP contribution in [-0.2, 0) is 14.3 Å². The maximum atomic E-state index is 12.2. The molecule has 0 aliphatic heterocycles. The number of ether oxygens (including phenoxy) is 2. The molecule has 0 aromatic carbocycles. The van der Waals surface area contributed by atoms with Gasteiger partial charge >= 0.3 is 6.03 Å². The van der Waals surface area contributed by atoms with Crippen molar-refractivity contribution in [3.05, 3.63) is 12.2 Å². The normalized spacial score (nSPS) is 12.2. The van der Waals surface area contributed by atoms with Crippen LogP contribution < -0.4 is 10.6 Å². The van der Waals surface area contributed by atoms with Crippen molar-refractivity contribution in [2.75, 3.05) is 46.1 Å². The van der Waals surface area contributed by atoms with Gasteiger partial charge in [-0.15, -0.1) is 0 Å². The monoisotopic (exact) mass is 484 g/mol. The third-order valence-corrected chi connectivity index (χ3v) is 5.73. The summed E-state index contributed by atoms with van der Waals surface area (Å²) in [6.07, 6.45) is 18.8. The van der Waals surface area contributed by atoms with Crippen molar-refractivity contribution in [3.8, 4) is 0 Å². The molecular formula is C27H52N2O5. The van der Waals surface area contributed by atoms with E-state index in [4.69, 9.17) is 14.6 Å². The van der Waals surface area contributed by atoms with Crippen molar-refractivity contribution in [3.63, 3.8) is 0 Å². The summed E-state index contributed by atoms with van der Waals surface area (Å²) < 4.78 is 10.6. The highest BCUT2D eigenvalue weighted by Gasteiger charge is 2.12. The first kappa shape index (κ1) is 32.6. The minimum absolute atomic E-state index is 0.0342. The molecule has 1 unspecified atom stereocenters. The Balaban J connectivity index is 3.35. The number of rotatable bonds is 25. The lowest BCUT2D eigenvalue weighted by molar-refractivity contribution is -0.123. The highest BCUT2D eigenvalue weighted by molar-refractivity contribution is 5.80.